The molecule has 0 saturated carbocycles. The van der Waals surface area contributed by atoms with Gasteiger partial charge >= 0.3 is 0 Å². The third kappa shape index (κ3) is 4.75. The Hall–Kier alpha value is -1.81. The molecule has 2 aromatic heterocycles. The molecule has 0 amide bonds. The van der Waals surface area contributed by atoms with Gasteiger partial charge in [0, 0.05) is 0 Å². The molecule has 19 heavy (non-hydrogen) atoms. The Morgan fingerprint density at radius 3 is 2.16 bits per heavy atom. The van der Waals surface area contributed by atoms with Crippen molar-refractivity contribution in [1.82, 2.24) is 30.4 Å². The van der Waals surface area contributed by atoms with Crippen LogP contribution in [0.15, 0.2) is 14.7 Å². The lowest BCUT2D eigenvalue weighted by molar-refractivity contribution is 0.791. The number of rotatable bonds is 1. The Bertz CT molecular complexity index is 719. The maximum absolute atomic E-state index is 10.8. The van der Waals surface area contributed by atoms with Gasteiger partial charge in [0.2, 0.25) is 0 Å². The van der Waals surface area contributed by atoms with Crippen molar-refractivity contribution in [2.45, 2.75) is 19.0 Å². The summed E-state index contributed by atoms with van der Waals surface area (Å²) < 4.78 is 0.255. The highest BCUT2D eigenvalue weighted by atomic mass is 32.2. The van der Waals surface area contributed by atoms with Crippen molar-refractivity contribution in [2.75, 3.05) is 6.26 Å². The van der Waals surface area contributed by atoms with Crippen molar-refractivity contribution < 1.29 is 0 Å². The molecule has 0 fully saturated rings. The number of H-pyrrole nitrogens is 3. The molecule has 0 aliphatic carbocycles. The number of hydrogen-bond acceptors (Lipinski definition) is 7. The number of aryl methyl sites for hydroxylation is 2. The average Bonchev–Trinajstić information content (AvgIpc) is 2.38. The summed E-state index contributed by atoms with van der Waals surface area (Å²) in [6.07, 6.45) is 1.83. The fraction of sp³-hybridized carbons (Fsp3) is 0.333. The molecule has 0 unspecified atom stereocenters. The van der Waals surface area contributed by atoms with Crippen LogP contribution in [0, 0.1) is 18.6 Å². The minimum absolute atomic E-state index is 0.167. The van der Waals surface area contributed by atoms with Gasteiger partial charge in [-0.05, 0) is 32.3 Å². The quantitative estimate of drug-likeness (QED) is 0.512. The zero-order chi connectivity index (χ0) is 14.4. The smallest absolute Gasteiger partial charge is 0.273 e. The van der Waals surface area contributed by atoms with Crippen LogP contribution in [0.2, 0.25) is 0 Å². The van der Waals surface area contributed by atoms with Gasteiger partial charge in [0.25, 0.3) is 11.1 Å². The van der Waals surface area contributed by atoms with E-state index in [0.29, 0.717) is 16.5 Å². The Balaban J connectivity index is 0.000000191. The summed E-state index contributed by atoms with van der Waals surface area (Å²) in [7, 11) is 0. The van der Waals surface area contributed by atoms with E-state index in [9.17, 15) is 9.59 Å². The van der Waals surface area contributed by atoms with Crippen LogP contribution in [0.1, 0.15) is 11.4 Å². The van der Waals surface area contributed by atoms with Gasteiger partial charge in [0.05, 0.1) is 0 Å². The highest BCUT2D eigenvalue weighted by molar-refractivity contribution is 7.98. The third-order valence-corrected chi connectivity index (χ3v) is 2.68. The first-order valence-corrected chi connectivity index (χ1v) is 6.70. The highest BCUT2D eigenvalue weighted by Gasteiger charge is 1.96. The zero-order valence-corrected chi connectivity index (χ0v) is 12.1. The molecule has 0 aromatic carbocycles. The molecule has 0 aliphatic heterocycles. The lowest BCUT2D eigenvalue weighted by atomic mass is 10.5. The predicted octanol–water partition coefficient (Wildman–Crippen LogP) is 0.331. The molecular formula is C9H12N6O2S2. The topological polar surface area (TPSA) is 120 Å². The van der Waals surface area contributed by atoms with E-state index in [1.54, 1.807) is 13.8 Å². The Labute approximate surface area is 117 Å². The van der Waals surface area contributed by atoms with Crippen molar-refractivity contribution in [3.05, 3.63) is 36.9 Å². The molecule has 2 heterocycles. The van der Waals surface area contributed by atoms with E-state index in [1.807, 2.05) is 6.26 Å². The fourth-order valence-electron chi connectivity index (χ4n) is 0.877. The number of nitrogens with one attached hydrogen (secondary N) is 3. The van der Waals surface area contributed by atoms with Gasteiger partial charge in [-0.3, -0.25) is 24.7 Å². The number of nitrogens with zero attached hydrogens (tertiary/aromatic N) is 3. The lowest BCUT2D eigenvalue weighted by Gasteiger charge is -1.92. The summed E-state index contributed by atoms with van der Waals surface area (Å²) in [4.78, 5) is 26.4. The number of aromatic amines is 3. The van der Waals surface area contributed by atoms with Gasteiger partial charge in [-0.2, -0.15) is 5.10 Å². The van der Waals surface area contributed by atoms with Gasteiger partial charge in [0.15, 0.2) is 9.93 Å². The molecule has 0 atom stereocenters. The van der Waals surface area contributed by atoms with Crippen LogP contribution >= 0.6 is 24.0 Å². The van der Waals surface area contributed by atoms with E-state index in [2.05, 4.69) is 42.6 Å². The van der Waals surface area contributed by atoms with Crippen molar-refractivity contribution >= 4 is 24.0 Å². The summed E-state index contributed by atoms with van der Waals surface area (Å²) in [5.41, 5.74) is 0.388. The first-order chi connectivity index (χ1) is 8.93. The molecule has 0 radical (unpaired) electrons. The van der Waals surface area contributed by atoms with Crippen LogP contribution in [0.25, 0.3) is 0 Å². The monoisotopic (exact) mass is 300 g/mol. The van der Waals surface area contributed by atoms with Crippen molar-refractivity contribution in [2.24, 2.45) is 0 Å². The summed E-state index contributed by atoms with van der Waals surface area (Å²) in [6, 6.07) is 0. The Morgan fingerprint density at radius 1 is 1.05 bits per heavy atom. The van der Waals surface area contributed by atoms with Gasteiger partial charge in [-0.25, -0.2) is 0 Å². The SMILES string of the molecule is CSc1nnc(C)c(=O)[nH]1.Cc1n[nH]c(=S)[nH]c1=O. The standard InChI is InChI=1S/C5H7N3OS.C4H5N3OS/c1-3-4(9)6-5(10-2)8-7-3;1-2-3(8)5-4(9)7-6-2/h1-2H3,(H,6,8,9);1H3,(H2,5,7,8,9). The maximum atomic E-state index is 10.8. The first kappa shape index (κ1) is 15.2. The van der Waals surface area contributed by atoms with Crippen molar-refractivity contribution in [1.29, 1.82) is 0 Å². The molecule has 0 spiro atoms. The van der Waals surface area contributed by atoms with Gasteiger partial charge in [0.1, 0.15) is 11.4 Å². The van der Waals surface area contributed by atoms with Gasteiger partial charge in [-0.1, -0.05) is 11.8 Å². The van der Waals surface area contributed by atoms with Crippen LogP contribution in [0.3, 0.4) is 0 Å². The normalized spacial score (nSPS) is 9.63. The molecule has 0 bridgehead atoms. The number of thioether (sulfide) groups is 1. The summed E-state index contributed by atoms with van der Waals surface area (Å²) in [6.45, 7) is 3.22. The Kier molecular flexibility index (Phi) is 5.57. The second kappa shape index (κ2) is 6.95. The molecule has 2 aromatic rings. The molecule has 0 aliphatic rings. The van der Waals surface area contributed by atoms with E-state index in [0.717, 1.165) is 0 Å². The summed E-state index contributed by atoms with van der Waals surface area (Å²) in [5, 5.41) is 14.0. The van der Waals surface area contributed by atoms with Gasteiger partial charge < -0.3 is 0 Å². The predicted molar refractivity (Wildman–Crippen MR) is 74.0 cm³/mol. The average molecular weight is 300 g/mol. The third-order valence-electron chi connectivity index (χ3n) is 1.91. The first-order valence-electron chi connectivity index (χ1n) is 5.07. The highest BCUT2D eigenvalue weighted by Crippen LogP contribution is 2.01. The van der Waals surface area contributed by atoms with Crippen LogP contribution in [-0.2, 0) is 0 Å². The molecule has 2 rings (SSSR count). The van der Waals surface area contributed by atoms with Gasteiger partial charge in [-0.15, -0.1) is 10.2 Å². The molecular weight excluding hydrogens is 288 g/mol. The molecule has 10 heteroatoms. The lowest BCUT2D eigenvalue weighted by Crippen LogP contribution is -2.13. The van der Waals surface area contributed by atoms with Crippen molar-refractivity contribution in [3.63, 3.8) is 0 Å². The van der Waals surface area contributed by atoms with E-state index in [4.69, 9.17) is 0 Å². The minimum atomic E-state index is -0.237. The molecule has 3 N–H and O–H groups in total. The molecule has 0 saturated heterocycles. The zero-order valence-electron chi connectivity index (χ0n) is 10.5. The molecule has 8 nitrogen and oxygen atoms in total. The second-order valence-electron chi connectivity index (χ2n) is 3.34. The van der Waals surface area contributed by atoms with Crippen molar-refractivity contribution in [3.8, 4) is 0 Å². The van der Waals surface area contributed by atoms with Crippen LogP contribution in [0.5, 0.6) is 0 Å². The van der Waals surface area contributed by atoms with E-state index in [-0.39, 0.29) is 15.9 Å². The largest absolute Gasteiger partial charge is 0.298 e. The number of hydrogen-bond donors (Lipinski definition) is 3. The van der Waals surface area contributed by atoms with Crippen LogP contribution < -0.4 is 11.1 Å². The Morgan fingerprint density at radius 2 is 1.68 bits per heavy atom. The van der Waals surface area contributed by atoms with Crippen LogP contribution in [-0.4, -0.2) is 36.6 Å². The summed E-state index contributed by atoms with van der Waals surface area (Å²) >= 11 is 5.95. The fourth-order valence-corrected chi connectivity index (χ4v) is 1.33. The number of aromatic nitrogens is 6. The minimum Gasteiger partial charge on any atom is -0.298 e. The molecule has 102 valence electrons. The van der Waals surface area contributed by atoms with Crippen LogP contribution in [0.4, 0.5) is 0 Å². The van der Waals surface area contributed by atoms with E-state index in [1.165, 1.54) is 11.8 Å². The van der Waals surface area contributed by atoms with E-state index >= 15 is 0 Å². The maximum Gasteiger partial charge on any atom is 0.273 e. The second-order valence-corrected chi connectivity index (χ2v) is 4.54. The van der Waals surface area contributed by atoms with E-state index < -0.39 is 0 Å². The summed E-state index contributed by atoms with van der Waals surface area (Å²) in [5.74, 6) is 0.